The van der Waals surface area contributed by atoms with E-state index in [1.807, 2.05) is 6.07 Å². The van der Waals surface area contributed by atoms with Crippen molar-refractivity contribution in [1.29, 1.82) is 0 Å². The maximum Gasteiger partial charge on any atom is 0.245 e. The lowest BCUT2D eigenvalue weighted by Gasteiger charge is -2.19. The molecule has 0 radical (unpaired) electrons. The lowest BCUT2D eigenvalue weighted by Crippen LogP contribution is -2.23. The van der Waals surface area contributed by atoms with Crippen LogP contribution < -0.4 is 10.6 Å². The summed E-state index contributed by atoms with van der Waals surface area (Å²) in [7, 11) is 3.26. The van der Waals surface area contributed by atoms with E-state index >= 15 is 0 Å². The van der Waals surface area contributed by atoms with Gasteiger partial charge in [-0.05, 0) is 48.8 Å². The van der Waals surface area contributed by atoms with Crippen LogP contribution in [0.25, 0.3) is 0 Å². The Balaban J connectivity index is 2.61. The van der Waals surface area contributed by atoms with E-state index in [0.29, 0.717) is 18.9 Å². The van der Waals surface area contributed by atoms with Crippen LogP contribution in [0, 0.1) is 6.92 Å². The lowest BCUT2D eigenvalue weighted by atomic mass is 9.87. The van der Waals surface area contributed by atoms with Gasteiger partial charge in [0, 0.05) is 20.7 Å². The maximum absolute atomic E-state index is 11.6. The van der Waals surface area contributed by atoms with E-state index in [1.54, 1.807) is 14.1 Å². The molecule has 134 valence electrons. The fraction of sp³-hybridized carbons (Fsp3) is 0.579. The second kappa shape index (κ2) is 10.8. The number of rotatable bonds is 10. The third-order valence-electron chi connectivity index (χ3n) is 4.27. The summed E-state index contributed by atoms with van der Waals surface area (Å²) in [6.07, 6.45) is 3.37. The highest BCUT2D eigenvalue weighted by Crippen LogP contribution is 2.28. The zero-order chi connectivity index (χ0) is 17.9. The molecule has 24 heavy (non-hydrogen) atoms. The lowest BCUT2D eigenvalue weighted by molar-refractivity contribution is -0.125. The average molecular weight is 334 g/mol. The van der Waals surface area contributed by atoms with E-state index in [0.717, 1.165) is 24.8 Å². The van der Waals surface area contributed by atoms with E-state index < -0.39 is 0 Å². The zero-order valence-corrected chi connectivity index (χ0v) is 15.3. The van der Waals surface area contributed by atoms with E-state index in [2.05, 4.69) is 36.6 Å². The fourth-order valence-electron chi connectivity index (χ4n) is 2.76. The largest absolute Gasteiger partial charge is 0.372 e. The second-order valence-electron chi connectivity index (χ2n) is 6.01. The van der Waals surface area contributed by atoms with Crippen LogP contribution in [0.2, 0.25) is 0 Å². The number of nitrogens with one attached hydrogen (secondary N) is 2. The van der Waals surface area contributed by atoms with Crippen LogP contribution in [0.15, 0.2) is 18.2 Å². The van der Waals surface area contributed by atoms with Crippen molar-refractivity contribution in [3.8, 4) is 0 Å². The number of likely N-dealkylation sites (N-methyl/N-ethyl adjacent to an activating group) is 2. The molecule has 5 heteroatoms. The molecule has 0 spiro atoms. The molecule has 2 N–H and O–H groups in total. The first kappa shape index (κ1) is 20.2. The van der Waals surface area contributed by atoms with Gasteiger partial charge in [-0.1, -0.05) is 25.1 Å². The first-order chi connectivity index (χ1) is 11.5. The number of benzene rings is 1. The molecule has 0 bridgehead atoms. The average Bonchev–Trinajstić information content (AvgIpc) is 2.59. The van der Waals surface area contributed by atoms with Crippen LogP contribution in [0.4, 0.5) is 0 Å². The summed E-state index contributed by atoms with van der Waals surface area (Å²) >= 11 is 0. The van der Waals surface area contributed by atoms with Crippen molar-refractivity contribution in [2.24, 2.45) is 0 Å². The second-order valence-corrected chi connectivity index (χ2v) is 6.01. The fourth-order valence-corrected chi connectivity index (χ4v) is 2.76. The number of hydrogen-bond acceptors (Lipinski definition) is 3. The molecule has 1 rings (SSSR count). The van der Waals surface area contributed by atoms with Crippen LogP contribution in [0.5, 0.6) is 0 Å². The molecule has 0 saturated carbocycles. The van der Waals surface area contributed by atoms with Gasteiger partial charge in [-0.3, -0.25) is 9.59 Å². The quantitative estimate of drug-likeness (QED) is 0.645. The summed E-state index contributed by atoms with van der Waals surface area (Å²) in [5.41, 5.74) is 3.61. The predicted molar refractivity (Wildman–Crippen MR) is 96.1 cm³/mol. The van der Waals surface area contributed by atoms with Crippen LogP contribution in [-0.4, -0.2) is 39.1 Å². The predicted octanol–water partition coefficient (Wildman–Crippen LogP) is 2.32. The highest BCUT2D eigenvalue weighted by molar-refractivity contribution is 5.78. The first-order valence-corrected chi connectivity index (χ1v) is 8.60. The molecular weight excluding hydrogens is 304 g/mol. The SMILES string of the molecule is CCC(CCCOCC(=O)NC)c1cc(CC(=O)NC)ccc1C. The number of hydrogen-bond donors (Lipinski definition) is 2. The number of carbonyl (C=O) groups is 2. The molecule has 0 aliphatic carbocycles. The summed E-state index contributed by atoms with van der Waals surface area (Å²) in [6, 6.07) is 6.27. The Morgan fingerprint density at radius 1 is 1.17 bits per heavy atom. The molecule has 1 aromatic carbocycles. The number of carbonyl (C=O) groups excluding carboxylic acids is 2. The minimum Gasteiger partial charge on any atom is -0.372 e. The van der Waals surface area contributed by atoms with Gasteiger partial charge in [0.2, 0.25) is 11.8 Å². The molecule has 0 heterocycles. The van der Waals surface area contributed by atoms with Crippen molar-refractivity contribution < 1.29 is 14.3 Å². The van der Waals surface area contributed by atoms with Crippen LogP contribution >= 0.6 is 0 Å². The Labute approximate surface area is 145 Å². The molecule has 2 amide bonds. The summed E-state index contributed by atoms with van der Waals surface area (Å²) in [6.45, 7) is 5.00. The van der Waals surface area contributed by atoms with Crippen molar-refractivity contribution in [2.45, 2.75) is 45.4 Å². The summed E-state index contributed by atoms with van der Waals surface area (Å²) in [5, 5.41) is 5.20. The summed E-state index contributed by atoms with van der Waals surface area (Å²) < 4.78 is 5.37. The Hall–Kier alpha value is -1.88. The number of amides is 2. The molecule has 0 aromatic heterocycles. The van der Waals surface area contributed by atoms with Crippen molar-refractivity contribution in [2.75, 3.05) is 27.3 Å². The van der Waals surface area contributed by atoms with Crippen LogP contribution in [0.3, 0.4) is 0 Å². The van der Waals surface area contributed by atoms with Gasteiger partial charge in [0.05, 0.1) is 6.42 Å². The maximum atomic E-state index is 11.6. The molecule has 1 unspecified atom stereocenters. The molecular formula is C19H30N2O3. The molecule has 0 fully saturated rings. The van der Waals surface area contributed by atoms with Crippen LogP contribution in [-0.2, 0) is 20.7 Å². The molecule has 1 atom stereocenters. The number of ether oxygens (including phenoxy) is 1. The van der Waals surface area contributed by atoms with Crippen molar-refractivity contribution >= 4 is 11.8 Å². The first-order valence-electron chi connectivity index (χ1n) is 8.60. The normalized spacial score (nSPS) is 11.8. The van der Waals surface area contributed by atoms with Crippen molar-refractivity contribution in [3.05, 3.63) is 34.9 Å². The minimum atomic E-state index is -0.0974. The van der Waals surface area contributed by atoms with Crippen molar-refractivity contribution in [1.82, 2.24) is 10.6 Å². The van der Waals surface area contributed by atoms with Gasteiger partial charge in [-0.15, -0.1) is 0 Å². The Bertz CT molecular complexity index is 543. The van der Waals surface area contributed by atoms with E-state index in [4.69, 9.17) is 4.74 Å². The highest BCUT2D eigenvalue weighted by Gasteiger charge is 2.13. The van der Waals surface area contributed by atoms with Gasteiger partial charge < -0.3 is 15.4 Å². The molecule has 5 nitrogen and oxygen atoms in total. The van der Waals surface area contributed by atoms with Gasteiger partial charge in [0.15, 0.2) is 0 Å². The highest BCUT2D eigenvalue weighted by atomic mass is 16.5. The zero-order valence-electron chi connectivity index (χ0n) is 15.3. The Morgan fingerprint density at radius 2 is 1.88 bits per heavy atom. The summed E-state index contributed by atoms with van der Waals surface area (Å²) in [4.78, 5) is 22.7. The monoisotopic (exact) mass is 334 g/mol. The van der Waals surface area contributed by atoms with Crippen LogP contribution in [0.1, 0.15) is 48.8 Å². The number of aryl methyl sites for hydroxylation is 1. The molecule has 1 aromatic rings. The van der Waals surface area contributed by atoms with E-state index in [9.17, 15) is 9.59 Å². The smallest absolute Gasteiger partial charge is 0.245 e. The van der Waals surface area contributed by atoms with E-state index in [-0.39, 0.29) is 18.4 Å². The van der Waals surface area contributed by atoms with Gasteiger partial charge in [0.25, 0.3) is 0 Å². The molecule has 0 saturated heterocycles. The Kier molecular flexibility index (Phi) is 9.08. The van der Waals surface area contributed by atoms with Gasteiger partial charge in [-0.2, -0.15) is 0 Å². The van der Waals surface area contributed by atoms with Crippen molar-refractivity contribution in [3.63, 3.8) is 0 Å². The van der Waals surface area contributed by atoms with Gasteiger partial charge in [-0.25, -0.2) is 0 Å². The summed E-state index contributed by atoms with van der Waals surface area (Å²) in [5.74, 6) is 0.374. The minimum absolute atomic E-state index is 0.0282. The third kappa shape index (κ3) is 6.71. The standard InChI is InChI=1S/C19H30N2O3/c1-5-16(7-6-10-24-13-19(23)21-4)17-11-15(9-8-14(17)2)12-18(22)20-3/h8-9,11,16H,5-7,10,12-13H2,1-4H3,(H,20,22)(H,21,23). The van der Waals surface area contributed by atoms with E-state index in [1.165, 1.54) is 11.1 Å². The molecule has 0 aliphatic heterocycles. The Morgan fingerprint density at radius 3 is 2.50 bits per heavy atom. The van der Waals surface area contributed by atoms with Gasteiger partial charge in [0.1, 0.15) is 6.61 Å². The van der Waals surface area contributed by atoms with Gasteiger partial charge >= 0.3 is 0 Å². The third-order valence-corrected chi connectivity index (χ3v) is 4.27. The topological polar surface area (TPSA) is 67.4 Å². The molecule has 0 aliphatic rings.